The van der Waals surface area contributed by atoms with Crippen LogP contribution in [0, 0.1) is 10.1 Å². The fraction of sp³-hybridized carbons (Fsp3) is 0.533. The van der Waals surface area contributed by atoms with Gasteiger partial charge in [0, 0.05) is 44.4 Å². The molecule has 1 aromatic rings. The Balaban J connectivity index is 0.00000420. The number of nitrogens with one attached hydrogen (secondary N) is 2. The average molecular weight is 551 g/mol. The van der Waals surface area contributed by atoms with Crippen LogP contribution in [0.1, 0.15) is 18.4 Å². The number of alkyl halides is 3. The molecule has 0 atom stereocenters. The second kappa shape index (κ2) is 10.4. The first kappa shape index (κ1) is 25.4. The lowest BCUT2D eigenvalue weighted by Crippen LogP contribution is -2.51. The molecule has 14 heteroatoms. The van der Waals surface area contributed by atoms with Crippen LogP contribution in [-0.4, -0.2) is 55.3 Å². The quantitative estimate of drug-likeness (QED) is 0.191. The van der Waals surface area contributed by atoms with E-state index >= 15 is 0 Å². The molecule has 0 aliphatic carbocycles. The maximum atomic E-state index is 12.6. The summed E-state index contributed by atoms with van der Waals surface area (Å²) < 4.78 is 61.1. The minimum atomic E-state index is -5.32. The zero-order valence-electron chi connectivity index (χ0n) is 15.3. The summed E-state index contributed by atoms with van der Waals surface area (Å²) in [6.07, 6.45) is 0.336. The molecule has 1 saturated heterocycles. The van der Waals surface area contributed by atoms with Crippen molar-refractivity contribution >= 4 is 45.6 Å². The van der Waals surface area contributed by atoms with Crippen LogP contribution < -0.4 is 10.6 Å². The number of hydrogen-bond donors (Lipinski definition) is 2. The molecular formula is C15H21F3IN5O4S. The predicted octanol–water partition coefficient (Wildman–Crippen LogP) is 2.19. The van der Waals surface area contributed by atoms with E-state index in [1.165, 1.54) is 13.1 Å². The molecule has 1 aromatic carbocycles. The van der Waals surface area contributed by atoms with Gasteiger partial charge in [-0.2, -0.15) is 17.5 Å². The normalized spacial score (nSPS) is 16.8. The highest BCUT2D eigenvalue weighted by molar-refractivity contribution is 14.0. The smallest absolute Gasteiger partial charge is 0.354 e. The van der Waals surface area contributed by atoms with Crippen LogP contribution in [0.25, 0.3) is 0 Å². The van der Waals surface area contributed by atoms with Crippen LogP contribution in [0.3, 0.4) is 0 Å². The fourth-order valence-corrected chi connectivity index (χ4v) is 3.78. The first-order chi connectivity index (χ1) is 13.1. The van der Waals surface area contributed by atoms with Crippen LogP contribution in [0.5, 0.6) is 0 Å². The van der Waals surface area contributed by atoms with Gasteiger partial charge < -0.3 is 10.6 Å². The molecule has 0 radical (unpaired) electrons. The van der Waals surface area contributed by atoms with E-state index < -0.39 is 20.5 Å². The zero-order valence-corrected chi connectivity index (χ0v) is 18.5. The van der Waals surface area contributed by atoms with E-state index in [1.54, 1.807) is 18.2 Å². The van der Waals surface area contributed by atoms with Crippen molar-refractivity contribution in [3.05, 3.63) is 39.9 Å². The molecule has 0 spiro atoms. The minimum absolute atomic E-state index is 0. The van der Waals surface area contributed by atoms with Crippen LogP contribution in [0.15, 0.2) is 29.3 Å². The number of nitrogens with zero attached hydrogens (tertiary/aromatic N) is 3. The average Bonchev–Trinajstić information content (AvgIpc) is 2.64. The Kier molecular flexibility index (Phi) is 9.08. The molecule has 164 valence electrons. The Labute approximate surface area is 183 Å². The highest BCUT2D eigenvalue weighted by atomic mass is 127. The van der Waals surface area contributed by atoms with E-state index in [9.17, 15) is 31.7 Å². The maximum absolute atomic E-state index is 12.6. The lowest BCUT2D eigenvalue weighted by atomic mass is 10.1. The molecule has 1 fully saturated rings. The molecule has 0 bridgehead atoms. The third-order valence-corrected chi connectivity index (χ3v) is 5.92. The summed E-state index contributed by atoms with van der Waals surface area (Å²) in [5, 5.41) is 17.0. The number of aliphatic imine (C=N–C) groups is 1. The van der Waals surface area contributed by atoms with Gasteiger partial charge in [0.05, 0.1) is 4.92 Å². The van der Waals surface area contributed by atoms with Gasteiger partial charge in [0.2, 0.25) is 0 Å². The number of guanidine groups is 1. The van der Waals surface area contributed by atoms with Crippen LogP contribution in [0.2, 0.25) is 0 Å². The standard InChI is InChI=1S/C15H20F3N5O4S.HI/c1-19-14(20-10-11-4-2-3-5-13(11)23(24)25)21-12-6-8-22(9-7-12)28(26,27)15(16,17)18;/h2-5,12H,6-10H2,1H3,(H2,19,20,21);1H. The van der Waals surface area contributed by atoms with Crippen molar-refractivity contribution in [1.29, 1.82) is 0 Å². The number of nitro benzene ring substituents is 1. The number of nitro groups is 1. The van der Waals surface area contributed by atoms with Gasteiger partial charge in [-0.25, -0.2) is 8.42 Å². The molecule has 0 saturated carbocycles. The van der Waals surface area contributed by atoms with Crippen LogP contribution >= 0.6 is 24.0 Å². The van der Waals surface area contributed by atoms with E-state index in [0.29, 0.717) is 15.8 Å². The highest BCUT2D eigenvalue weighted by Gasteiger charge is 2.50. The molecule has 1 heterocycles. The molecule has 2 rings (SSSR count). The number of rotatable bonds is 5. The summed E-state index contributed by atoms with van der Waals surface area (Å²) in [5.74, 6) is 0.315. The van der Waals surface area contributed by atoms with Gasteiger partial charge in [-0.1, -0.05) is 18.2 Å². The van der Waals surface area contributed by atoms with E-state index in [-0.39, 0.29) is 68.2 Å². The van der Waals surface area contributed by atoms with E-state index in [4.69, 9.17) is 0 Å². The summed E-state index contributed by atoms with van der Waals surface area (Å²) in [4.78, 5) is 14.5. The van der Waals surface area contributed by atoms with Gasteiger partial charge in [0.1, 0.15) is 0 Å². The molecule has 1 aliphatic rings. The van der Waals surface area contributed by atoms with Crippen molar-refractivity contribution in [2.75, 3.05) is 20.1 Å². The molecule has 1 aliphatic heterocycles. The monoisotopic (exact) mass is 551 g/mol. The number of halogens is 4. The van der Waals surface area contributed by atoms with Crippen molar-refractivity contribution < 1.29 is 26.5 Å². The Bertz CT molecular complexity index is 843. The third-order valence-electron chi connectivity index (χ3n) is 4.29. The van der Waals surface area contributed by atoms with E-state index in [2.05, 4.69) is 15.6 Å². The van der Waals surface area contributed by atoms with Gasteiger partial charge in [-0.15, -0.1) is 24.0 Å². The second-order valence-electron chi connectivity index (χ2n) is 6.08. The molecule has 29 heavy (non-hydrogen) atoms. The first-order valence-corrected chi connectivity index (χ1v) is 9.76. The zero-order chi connectivity index (χ0) is 20.9. The Morgan fingerprint density at radius 1 is 1.31 bits per heavy atom. The number of sulfonamides is 1. The maximum Gasteiger partial charge on any atom is 0.511 e. The lowest BCUT2D eigenvalue weighted by molar-refractivity contribution is -0.385. The fourth-order valence-electron chi connectivity index (χ4n) is 2.79. The van der Waals surface area contributed by atoms with Crippen molar-refractivity contribution in [3.8, 4) is 0 Å². The molecule has 0 aromatic heterocycles. The third kappa shape index (κ3) is 6.40. The lowest BCUT2D eigenvalue weighted by Gasteiger charge is -2.32. The Hall–Kier alpha value is -1.68. The number of para-hydroxylation sites is 1. The molecule has 0 unspecified atom stereocenters. The number of piperidine rings is 1. The van der Waals surface area contributed by atoms with Crippen molar-refractivity contribution in [1.82, 2.24) is 14.9 Å². The SMILES string of the molecule is CN=C(NCc1ccccc1[N+](=O)[O-])NC1CCN(S(=O)(=O)C(F)(F)F)CC1.I. The summed E-state index contributed by atoms with van der Waals surface area (Å²) in [6.45, 7) is -0.403. The van der Waals surface area contributed by atoms with Crippen molar-refractivity contribution in [2.45, 2.75) is 30.9 Å². The summed E-state index contributed by atoms with van der Waals surface area (Å²) in [7, 11) is -3.84. The number of hydrogen-bond acceptors (Lipinski definition) is 5. The molecule has 2 N–H and O–H groups in total. The van der Waals surface area contributed by atoms with E-state index in [1.807, 2.05) is 0 Å². The van der Waals surface area contributed by atoms with Gasteiger partial charge in [-0.05, 0) is 12.8 Å². The first-order valence-electron chi connectivity index (χ1n) is 8.32. The predicted molar refractivity (Wildman–Crippen MR) is 111 cm³/mol. The highest BCUT2D eigenvalue weighted by Crippen LogP contribution is 2.29. The minimum Gasteiger partial charge on any atom is -0.354 e. The second-order valence-corrected chi connectivity index (χ2v) is 8.01. The van der Waals surface area contributed by atoms with E-state index in [0.717, 1.165) is 0 Å². The Morgan fingerprint density at radius 2 is 1.90 bits per heavy atom. The van der Waals surface area contributed by atoms with Crippen LogP contribution in [0.4, 0.5) is 18.9 Å². The molecule has 0 amide bonds. The summed E-state index contributed by atoms with van der Waals surface area (Å²) in [5.41, 5.74) is -4.91. The van der Waals surface area contributed by atoms with Crippen molar-refractivity contribution in [2.24, 2.45) is 4.99 Å². The number of benzene rings is 1. The van der Waals surface area contributed by atoms with Gasteiger partial charge in [-0.3, -0.25) is 15.1 Å². The summed E-state index contributed by atoms with van der Waals surface area (Å²) >= 11 is 0. The molecule has 9 nitrogen and oxygen atoms in total. The van der Waals surface area contributed by atoms with Gasteiger partial charge in [0.15, 0.2) is 5.96 Å². The summed E-state index contributed by atoms with van der Waals surface area (Å²) in [6, 6.07) is 5.91. The van der Waals surface area contributed by atoms with Gasteiger partial charge in [0.25, 0.3) is 5.69 Å². The van der Waals surface area contributed by atoms with Crippen LogP contribution in [-0.2, 0) is 16.6 Å². The molecular weight excluding hydrogens is 530 g/mol. The largest absolute Gasteiger partial charge is 0.511 e. The van der Waals surface area contributed by atoms with Gasteiger partial charge >= 0.3 is 15.5 Å². The topological polar surface area (TPSA) is 117 Å². The van der Waals surface area contributed by atoms with Crippen molar-refractivity contribution in [3.63, 3.8) is 0 Å². The Morgan fingerprint density at radius 3 is 2.41 bits per heavy atom.